The molecule has 0 amide bonds. The molecule has 1 heterocycles. The van der Waals surface area contributed by atoms with Crippen LogP contribution in [0.15, 0.2) is 0 Å². The Kier molecular flexibility index (Phi) is 3.91. The van der Waals surface area contributed by atoms with Gasteiger partial charge >= 0.3 is 0 Å². The van der Waals surface area contributed by atoms with Crippen molar-refractivity contribution in [2.45, 2.75) is 39.0 Å². The molecule has 2 heteroatoms. The van der Waals surface area contributed by atoms with E-state index in [1.165, 1.54) is 18.8 Å². The Morgan fingerprint density at radius 1 is 1.25 bits per heavy atom. The van der Waals surface area contributed by atoms with E-state index in [4.69, 9.17) is 0 Å². The van der Waals surface area contributed by atoms with Gasteiger partial charge in [-0.05, 0) is 30.8 Å². The van der Waals surface area contributed by atoms with Gasteiger partial charge < -0.3 is 4.90 Å². The summed E-state index contributed by atoms with van der Waals surface area (Å²) in [7, 11) is 0. The van der Waals surface area contributed by atoms with Crippen molar-refractivity contribution >= 4 is 11.8 Å². The highest BCUT2D eigenvalue weighted by molar-refractivity contribution is 7.99. The maximum Gasteiger partial charge on any atom is 0.00388 e. The Morgan fingerprint density at radius 3 is 2.25 bits per heavy atom. The average molecular weight is 187 g/mol. The lowest BCUT2D eigenvalue weighted by Crippen LogP contribution is -2.51. The lowest BCUT2D eigenvalue weighted by atomic mass is 10.0. The van der Waals surface area contributed by atoms with Crippen molar-refractivity contribution in [3.05, 3.63) is 0 Å². The first-order valence-electron chi connectivity index (χ1n) is 4.95. The molecule has 72 valence electrons. The van der Waals surface area contributed by atoms with Crippen molar-refractivity contribution in [1.82, 2.24) is 4.90 Å². The fourth-order valence-electron chi connectivity index (χ4n) is 1.47. The Balaban J connectivity index is 2.02. The van der Waals surface area contributed by atoms with E-state index in [2.05, 4.69) is 44.4 Å². The summed E-state index contributed by atoms with van der Waals surface area (Å²) in [6.07, 6.45) is 0. The summed E-state index contributed by atoms with van der Waals surface area (Å²) in [4.78, 5) is 2.55. The summed E-state index contributed by atoms with van der Waals surface area (Å²) in [6, 6.07) is 0.755. The van der Waals surface area contributed by atoms with Gasteiger partial charge in [0.25, 0.3) is 0 Å². The summed E-state index contributed by atoms with van der Waals surface area (Å²) >= 11 is 2.10. The molecule has 0 saturated carbocycles. The van der Waals surface area contributed by atoms with Gasteiger partial charge in [-0.2, -0.15) is 11.8 Å². The SMILES string of the molecule is CC(C)SCC1CN(C(C)C)C1. The molecule has 1 nitrogen and oxygen atoms in total. The minimum absolute atomic E-state index is 0.755. The largest absolute Gasteiger partial charge is 0.300 e. The van der Waals surface area contributed by atoms with E-state index in [0.29, 0.717) is 0 Å². The van der Waals surface area contributed by atoms with Crippen molar-refractivity contribution in [3.63, 3.8) is 0 Å². The van der Waals surface area contributed by atoms with E-state index < -0.39 is 0 Å². The molecule has 0 spiro atoms. The van der Waals surface area contributed by atoms with Crippen LogP contribution in [-0.4, -0.2) is 35.0 Å². The summed E-state index contributed by atoms with van der Waals surface area (Å²) in [6.45, 7) is 11.8. The Morgan fingerprint density at radius 2 is 1.83 bits per heavy atom. The van der Waals surface area contributed by atoms with Gasteiger partial charge in [-0.1, -0.05) is 13.8 Å². The molecule has 0 aromatic heterocycles. The van der Waals surface area contributed by atoms with Crippen LogP contribution in [-0.2, 0) is 0 Å². The lowest BCUT2D eigenvalue weighted by Gasteiger charge is -2.42. The third kappa shape index (κ3) is 2.98. The van der Waals surface area contributed by atoms with Gasteiger partial charge in [0.15, 0.2) is 0 Å². The fourth-order valence-corrected chi connectivity index (χ4v) is 2.33. The maximum absolute atomic E-state index is 2.55. The van der Waals surface area contributed by atoms with Gasteiger partial charge in [0.1, 0.15) is 0 Å². The summed E-state index contributed by atoms with van der Waals surface area (Å²) < 4.78 is 0. The van der Waals surface area contributed by atoms with Crippen LogP contribution < -0.4 is 0 Å². The number of likely N-dealkylation sites (tertiary alicyclic amines) is 1. The first kappa shape index (κ1) is 10.4. The zero-order valence-corrected chi connectivity index (χ0v) is 9.53. The van der Waals surface area contributed by atoms with Crippen molar-refractivity contribution in [1.29, 1.82) is 0 Å². The summed E-state index contributed by atoms with van der Waals surface area (Å²) in [5.41, 5.74) is 0. The highest BCUT2D eigenvalue weighted by atomic mass is 32.2. The smallest absolute Gasteiger partial charge is 0.00388 e. The maximum atomic E-state index is 2.55. The Bertz CT molecular complexity index is 125. The monoisotopic (exact) mass is 187 g/mol. The second-order valence-electron chi connectivity index (χ2n) is 4.30. The van der Waals surface area contributed by atoms with E-state index in [-0.39, 0.29) is 0 Å². The molecule has 0 radical (unpaired) electrons. The molecule has 0 aromatic carbocycles. The van der Waals surface area contributed by atoms with Gasteiger partial charge in [0.05, 0.1) is 0 Å². The quantitative estimate of drug-likeness (QED) is 0.665. The molecular formula is C10H21NS. The highest BCUT2D eigenvalue weighted by Gasteiger charge is 2.27. The van der Waals surface area contributed by atoms with Crippen LogP contribution >= 0.6 is 11.8 Å². The van der Waals surface area contributed by atoms with Crippen LogP contribution in [0.3, 0.4) is 0 Å². The molecule has 1 saturated heterocycles. The van der Waals surface area contributed by atoms with Crippen LogP contribution in [0.1, 0.15) is 27.7 Å². The van der Waals surface area contributed by atoms with E-state index in [1.807, 2.05) is 0 Å². The molecule has 1 aliphatic rings. The highest BCUT2D eigenvalue weighted by Crippen LogP contribution is 2.23. The van der Waals surface area contributed by atoms with Crippen LogP contribution in [0.2, 0.25) is 0 Å². The fraction of sp³-hybridized carbons (Fsp3) is 1.00. The van der Waals surface area contributed by atoms with Crippen molar-refractivity contribution < 1.29 is 0 Å². The molecule has 0 bridgehead atoms. The van der Waals surface area contributed by atoms with Gasteiger partial charge in [-0.3, -0.25) is 0 Å². The molecule has 1 fully saturated rings. The first-order chi connectivity index (χ1) is 5.59. The second kappa shape index (κ2) is 4.52. The van der Waals surface area contributed by atoms with Crippen molar-refractivity contribution in [2.75, 3.05) is 18.8 Å². The topological polar surface area (TPSA) is 3.24 Å². The van der Waals surface area contributed by atoms with Gasteiger partial charge in [-0.15, -0.1) is 0 Å². The van der Waals surface area contributed by atoms with E-state index in [0.717, 1.165) is 17.2 Å². The molecule has 0 unspecified atom stereocenters. The molecule has 0 atom stereocenters. The standard InChI is InChI=1S/C10H21NS/c1-8(2)11-5-10(6-11)7-12-9(3)4/h8-10H,5-7H2,1-4H3. The third-order valence-electron chi connectivity index (χ3n) is 2.38. The normalized spacial score (nSPS) is 20.5. The van der Waals surface area contributed by atoms with Crippen LogP contribution in [0.4, 0.5) is 0 Å². The Labute approximate surface area is 80.9 Å². The average Bonchev–Trinajstić information content (AvgIpc) is 1.82. The molecule has 12 heavy (non-hydrogen) atoms. The number of rotatable bonds is 4. The van der Waals surface area contributed by atoms with Crippen LogP contribution in [0.25, 0.3) is 0 Å². The Hall–Kier alpha value is 0.310. The molecule has 0 N–H and O–H groups in total. The number of nitrogens with zero attached hydrogens (tertiary/aromatic N) is 1. The molecule has 0 aliphatic carbocycles. The molecule has 1 aliphatic heterocycles. The third-order valence-corrected chi connectivity index (χ3v) is 3.71. The minimum atomic E-state index is 0.755. The zero-order valence-electron chi connectivity index (χ0n) is 8.71. The van der Waals surface area contributed by atoms with E-state index in [9.17, 15) is 0 Å². The minimum Gasteiger partial charge on any atom is -0.300 e. The predicted molar refractivity (Wildman–Crippen MR) is 57.8 cm³/mol. The second-order valence-corrected chi connectivity index (χ2v) is 5.91. The number of hydrogen-bond donors (Lipinski definition) is 0. The molecule has 1 rings (SSSR count). The predicted octanol–water partition coefficient (Wildman–Crippen LogP) is 2.47. The van der Waals surface area contributed by atoms with Gasteiger partial charge in [0, 0.05) is 19.1 Å². The van der Waals surface area contributed by atoms with E-state index in [1.54, 1.807) is 0 Å². The molecular weight excluding hydrogens is 166 g/mol. The van der Waals surface area contributed by atoms with Gasteiger partial charge in [0.2, 0.25) is 0 Å². The number of thioether (sulfide) groups is 1. The van der Waals surface area contributed by atoms with Crippen molar-refractivity contribution in [2.24, 2.45) is 5.92 Å². The van der Waals surface area contributed by atoms with Crippen LogP contribution in [0.5, 0.6) is 0 Å². The molecule has 0 aromatic rings. The summed E-state index contributed by atoms with van der Waals surface area (Å²) in [5, 5.41) is 0.804. The van der Waals surface area contributed by atoms with Crippen LogP contribution in [0, 0.1) is 5.92 Å². The summed E-state index contributed by atoms with van der Waals surface area (Å²) in [5.74, 6) is 2.33. The van der Waals surface area contributed by atoms with Gasteiger partial charge in [-0.25, -0.2) is 0 Å². The lowest BCUT2D eigenvalue weighted by molar-refractivity contribution is 0.0813. The van der Waals surface area contributed by atoms with E-state index >= 15 is 0 Å². The first-order valence-corrected chi connectivity index (χ1v) is 6.00. The van der Waals surface area contributed by atoms with Crippen molar-refractivity contribution in [3.8, 4) is 0 Å². The zero-order chi connectivity index (χ0) is 9.14. The number of hydrogen-bond acceptors (Lipinski definition) is 2.